The SMILES string of the molecule is O=C(c1ccccc1)N1CCC2(CC1)CCN(Cc1cc(F)ccc1F)C2=O. The Kier molecular flexibility index (Phi) is 4.87. The fourth-order valence-corrected chi connectivity index (χ4v) is 4.28. The van der Waals surface area contributed by atoms with Gasteiger partial charge in [-0.05, 0) is 49.6 Å². The molecule has 0 saturated carbocycles. The quantitative estimate of drug-likeness (QED) is 0.811. The third-order valence-corrected chi connectivity index (χ3v) is 6.00. The fraction of sp³-hybridized carbons (Fsp3) is 0.364. The summed E-state index contributed by atoms with van der Waals surface area (Å²) in [4.78, 5) is 29.1. The first kappa shape index (κ1) is 18.6. The van der Waals surface area contributed by atoms with Gasteiger partial charge in [-0.2, -0.15) is 0 Å². The van der Waals surface area contributed by atoms with Crippen molar-refractivity contribution in [3.63, 3.8) is 0 Å². The van der Waals surface area contributed by atoms with Crippen LogP contribution in [0.3, 0.4) is 0 Å². The molecule has 146 valence electrons. The predicted octanol–water partition coefficient (Wildman–Crippen LogP) is 3.62. The number of nitrogens with zero attached hydrogens (tertiary/aromatic N) is 2. The highest BCUT2D eigenvalue weighted by molar-refractivity contribution is 5.94. The molecule has 0 N–H and O–H groups in total. The highest BCUT2D eigenvalue weighted by atomic mass is 19.1. The zero-order chi connectivity index (χ0) is 19.7. The monoisotopic (exact) mass is 384 g/mol. The largest absolute Gasteiger partial charge is 0.339 e. The fourth-order valence-electron chi connectivity index (χ4n) is 4.28. The molecule has 2 amide bonds. The summed E-state index contributed by atoms with van der Waals surface area (Å²) in [5.41, 5.74) is 0.360. The van der Waals surface area contributed by atoms with Crippen LogP contribution in [0.4, 0.5) is 8.78 Å². The van der Waals surface area contributed by atoms with Crippen molar-refractivity contribution in [3.05, 3.63) is 71.3 Å². The number of likely N-dealkylation sites (tertiary alicyclic amines) is 2. The van der Waals surface area contributed by atoms with E-state index in [1.54, 1.807) is 21.9 Å². The number of piperidine rings is 1. The van der Waals surface area contributed by atoms with E-state index >= 15 is 0 Å². The maximum atomic E-state index is 13.9. The molecule has 4 nitrogen and oxygen atoms in total. The number of carbonyl (C=O) groups excluding carboxylic acids is 2. The van der Waals surface area contributed by atoms with Crippen molar-refractivity contribution in [2.75, 3.05) is 19.6 Å². The highest BCUT2D eigenvalue weighted by Crippen LogP contribution is 2.42. The summed E-state index contributed by atoms with van der Waals surface area (Å²) in [6, 6.07) is 12.4. The van der Waals surface area contributed by atoms with Crippen LogP contribution in [-0.2, 0) is 11.3 Å². The zero-order valence-corrected chi connectivity index (χ0v) is 15.5. The van der Waals surface area contributed by atoms with E-state index in [1.165, 1.54) is 0 Å². The molecule has 0 atom stereocenters. The van der Waals surface area contributed by atoms with Gasteiger partial charge in [0, 0.05) is 37.3 Å². The molecule has 0 aliphatic carbocycles. The van der Waals surface area contributed by atoms with Crippen LogP contribution in [0.5, 0.6) is 0 Å². The maximum Gasteiger partial charge on any atom is 0.253 e. The summed E-state index contributed by atoms with van der Waals surface area (Å²) in [6.07, 6.45) is 1.90. The number of hydrogen-bond donors (Lipinski definition) is 0. The lowest BCUT2D eigenvalue weighted by molar-refractivity contribution is -0.138. The van der Waals surface area contributed by atoms with Gasteiger partial charge < -0.3 is 9.80 Å². The average Bonchev–Trinajstić information content (AvgIpc) is 3.01. The second-order valence-corrected chi connectivity index (χ2v) is 7.65. The summed E-state index contributed by atoms with van der Waals surface area (Å²) in [5, 5.41) is 0. The standard InChI is InChI=1S/C22H22F2N2O2/c23-18-6-7-19(24)17(14-18)15-26-13-10-22(21(26)28)8-11-25(12-9-22)20(27)16-4-2-1-3-5-16/h1-7,14H,8-13,15H2. The minimum Gasteiger partial charge on any atom is -0.339 e. The predicted molar refractivity (Wildman–Crippen MR) is 100 cm³/mol. The number of amides is 2. The average molecular weight is 384 g/mol. The van der Waals surface area contributed by atoms with E-state index in [1.807, 2.05) is 18.2 Å². The van der Waals surface area contributed by atoms with E-state index in [0.29, 0.717) is 44.5 Å². The first-order chi connectivity index (χ1) is 13.5. The molecule has 2 aliphatic rings. The summed E-state index contributed by atoms with van der Waals surface area (Å²) in [6.45, 7) is 1.67. The Morgan fingerprint density at radius 3 is 2.36 bits per heavy atom. The summed E-state index contributed by atoms with van der Waals surface area (Å²) < 4.78 is 27.4. The van der Waals surface area contributed by atoms with Crippen LogP contribution in [0.1, 0.15) is 35.2 Å². The molecule has 2 heterocycles. The highest BCUT2D eigenvalue weighted by Gasteiger charge is 2.48. The molecule has 28 heavy (non-hydrogen) atoms. The topological polar surface area (TPSA) is 40.6 Å². The first-order valence-corrected chi connectivity index (χ1v) is 9.56. The van der Waals surface area contributed by atoms with Crippen LogP contribution < -0.4 is 0 Å². The maximum absolute atomic E-state index is 13.9. The van der Waals surface area contributed by atoms with Crippen molar-refractivity contribution in [1.82, 2.24) is 9.80 Å². The Morgan fingerprint density at radius 1 is 0.964 bits per heavy atom. The number of rotatable bonds is 3. The lowest BCUT2D eigenvalue weighted by Gasteiger charge is -2.38. The molecule has 2 aromatic rings. The van der Waals surface area contributed by atoms with Crippen molar-refractivity contribution in [3.8, 4) is 0 Å². The molecule has 0 radical (unpaired) electrons. The van der Waals surface area contributed by atoms with Crippen LogP contribution in [0.2, 0.25) is 0 Å². The van der Waals surface area contributed by atoms with Gasteiger partial charge in [0.05, 0.1) is 5.41 Å². The molecule has 2 aromatic carbocycles. The van der Waals surface area contributed by atoms with Gasteiger partial charge in [0.2, 0.25) is 5.91 Å². The normalized spacial score (nSPS) is 18.7. The van der Waals surface area contributed by atoms with E-state index in [-0.39, 0.29) is 23.9 Å². The van der Waals surface area contributed by atoms with Gasteiger partial charge in [-0.1, -0.05) is 18.2 Å². The first-order valence-electron chi connectivity index (χ1n) is 9.56. The van der Waals surface area contributed by atoms with E-state index in [9.17, 15) is 18.4 Å². The van der Waals surface area contributed by atoms with Crippen LogP contribution >= 0.6 is 0 Å². The third kappa shape index (κ3) is 3.39. The number of hydrogen-bond acceptors (Lipinski definition) is 2. The van der Waals surface area contributed by atoms with Crippen LogP contribution in [-0.4, -0.2) is 41.2 Å². The molecule has 6 heteroatoms. The molecule has 0 bridgehead atoms. The number of carbonyl (C=O) groups is 2. The number of benzene rings is 2. The van der Waals surface area contributed by atoms with E-state index in [0.717, 1.165) is 18.2 Å². The lowest BCUT2D eigenvalue weighted by atomic mass is 9.77. The van der Waals surface area contributed by atoms with Gasteiger partial charge in [0.15, 0.2) is 0 Å². The van der Waals surface area contributed by atoms with Gasteiger partial charge in [0.25, 0.3) is 5.91 Å². The summed E-state index contributed by atoms with van der Waals surface area (Å²) in [7, 11) is 0. The second kappa shape index (κ2) is 7.34. The Labute approximate surface area is 162 Å². The third-order valence-electron chi connectivity index (χ3n) is 6.00. The van der Waals surface area contributed by atoms with Gasteiger partial charge in [-0.15, -0.1) is 0 Å². The van der Waals surface area contributed by atoms with Crippen molar-refractivity contribution in [2.45, 2.75) is 25.8 Å². The molecule has 2 aliphatic heterocycles. The van der Waals surface area contributed by atoms with Crippen molar-refractivity contribution in [1.29, 1.82) is 0 Å². The minimum atomic E-state index is -0.509. The van der Waals surface area contributed by atoms with Gasteiger partial charge in [-0.3, -0.25) is 9.59 Å². The molecule has 1 spiro atoms. The van der Waals surface area contributed by atoms with Crippen LogP contribution in [0, 0.1) is 17.0 Å². The van der Waals surface area contributed by atoms with Gasteiger partial charge in [0.1, 0.15) is 11.6 Å². The molecular weight excluding hydrogens is 362 g/mol. The Hall–Kier alpha value is -2.76. The molecule has 2 saturated heterocycles. The summed E-state index contributed by atoms with van der Waals surface area (Å²) in [5.74, 6) is -1.04. The Morgan fingerprint density at radius 2 is 1.64 bits per heavy atom. The Balaban J connectivity index is 1.41. The molecule has 4 rings (SSSR count). The van der Waals surface area contributed by atoms with E-state index < -0.39 is 17.0 Å². The lowest BCUT2D eigenvalue weighted by Crippen LogP contribution is -2.46. The van der Waals surface area contributed by atoms with Crippen molar-refractivity contribution >= 4 is 11.8 Å². The van der Waals surface area contributed by atoms with E-state index in [2.05, 4.69) is 0 Å². The van der Waals surface area contributed by atoms with Crippen molar-refractivity contribution in [2.24, 2.45) is 5.41 Å². The van der Waals surface area contributed by atoms with Gasteiger partial charge >= 0.3 is 0 Å². The van der Waals surface area contributed by atoms with Gasteiger partial charge in [-0.25, -0.2) is 8.78 Å². The summed E-state index contributed by atoms with van der Waals surface area (Å²) >= 11 is 0. The molecule has 2 fully saturated rings. The Bertz CT molecular complexity index is 893. The molecular formula is C22H22F2N2O2. The van der Waals surface area contributed by atoms with Crippen LogP contribution in [0.15, 0.2) is 48.5 Å². The van der Waals surface area contributed by atoms with E-state index in [4.69, 9.17) is 0 Å². The van der Waals surface area contributed by atoms with Crippen molar-refractivity contribution < 1.29 is 18.4 Å². The smallest absolute Gasteiger partial charge is 0.253 e. The molecule has 0 aromatic heterocycles. The molecule has 0 unspecified atom stereocenters. The second-order valence-electron chi connectivity index (χ2n) is 7.65. The minimum absolute atomic E-state index is 0.0111. The number of halogens is 2. The zero-order valence-electron chi connectivity index (χ0n) is 15.5. The van der Waals surface area contributed by atoms with Crippen LogP contribution in [0.25, 0.3) is 0 Å².